The molecule has 9 nitrogen and oxygen atoms in total. The SMILES string of the molecule is O=C(CCCn1c(=O)oc2cc([N+](=O)[O-])ccc21)N1C2CCNCC1CC2. The van der Waals surface area contributed by atoms with Gasteiger partial charge in [0.2, 0.25) is 5.91 Å². The molecule has 0 spiro atoms. The Labute approximate surface area is 155 Å². The molecule has 2 aromatic rings. The third-order valence-electron chi connectivity index (χ3n) is 5.58. The number of aromatic nitrogens is 1. The molecule has 9 heteroatoms. The summed E-state index contributed by atoms with van der Waals surface area (Å²) in [5.74, 6) is -0.417. The van der Waals surface area contributed by atoms with E-state index in [2.05, 4.69) is 5.32 Å². The number of nitro benzene ring substituents is 1. The Kier molecular flexibility index (Phi) is 4.69. The van der Waals surface area contributed by atoms with Crippen LogP contribution in [0.5, 0.6) is 0 Å². The van der Waals surface area contributed by atoms with E-state index in [9.17, 15) is 19.7 Å². The number of carbonyl (C=O) groups excluding carboxylic acids is 1. The first kappa shape index (κ1) is 17.7. The van der Waals surface area contributed by atoms with Gasteiger partial charge in [-0.2, -0.15) is 0 Å². The second-order valence-electron chi connectivity index (χ2n) is 7.21. The second-order valence-corrected chi connectivity index (χ2v) is 7.21. The van der Waals surface area contributed by atoms with Crippen molar-refractivity contribution in [3.8, 4) is 0 Å². The number of fused-ring (bicyclic) bond motifs is 3. The fraction of sp³-hybridized carbons (Fsp3) is 0.556. The Hall–Kier alpha value is -2.68. The van der Waals surface area contributed by atoms with Crippen LogP contribution in [-0.2, 0) is 11.3 Å². The lowest BCUT2D eigenvalue weighted by Gasteiger charge is -2.28. The average Bonchev–Trinajstić information content (AvgIpc) is 3.08. The molecule has 3 heterocycles. The van der Waals surface area contributed by atoms with Gasteiger partial charge in [0.25, 0.3) is 5.69 Å². The summed E-state index contributed by atoms with van der Waals surface area (Å²) in [5, 5.41) is 14.2. The van der Waals surface area contributed by atoms with Crippen molar-refractivity contribution >= 4 is 22.7 Å². The standard InChI is InChI=1S/C18H22N4O5/c23-17(21-12-3-4-14(21)11-19-8-7-12)2-1-9-20-15-6-5-13(22(25)26)10-16(15)27-18(20)24/h5-6,10,12,14,19H,1-4,7-9,11H2. The Balaban J connectivity index is 1.43. The number of benzene rings is 1. The lowest BCUT2D eigenvalue weighted by atomic mass is 10.1. The molecule has 2 unspecified atom stereocenters. The lowest BCUT2D eigenvalue weighted by Crippen LogP contribution is -2.42. The van der Waals surface area contributed by atoms with Crippen molar-refractivity contribution in [2.45, 2.75) is 50.7 Å². The van der Waals surface area contributed by atoms with E-state index < -0.39 is 10.7 Å². The van der Waals surface area contributed by atoms with Gasteiger partial charge in [0, 0.05) is 37.7 Å². The maximum absolute atomic E-state index is 12.7. The molecule has 1 amide bonds. The minimum absolute atomic E-state index is 0.121. The number of hydrogen-bond acceptors (Lipinski definition) is 6. The van der Waals surface area contributed by atoms with E-state index in [0.717, 1.165) is 32.4 Å². The van der Waals surface area contributed by atoms with E-state index in [-0.39, 0.29) is 23.2 Å². The Bertz CT molecular complexity index is 919. The number of nitrogens with zero attached hydrogens (tertiary/aromatic N) is 3. The van der Waals surface area contributed by atoms with E-state index in [1.54, 1.807) is 0 Å². The van der Waals surface area contributed by atoms with Crippen LogP contribution in [0.15, 0.2) is 27.4 Å². The molecule has 2 aliphatic rings. The Morgan fingerprint density at radius 2 is 2.11 bits per heavy atom. The van der Waals surface area contributed by atoms with Gasteiger partial charge in [0.1, 0.15) is 0 Å². The van der Waals surface area contributed by atoms with Gasteiger partial charge in [-0.15, -0.1) is 0 Å². The largest absolute Gasteiger partial charge is 0.419 e. The number of carbonyl (C=O) groups is 1. The highest BCUT2D eigenvalue weighted by molar-refractivity contribution is 5.77. The molecule has 0 radical (unpaired) electrons. The van der Waals surface area contributed by atoms with Crippen molar-refractivity contribution in [3.05, 3.63) is 38.9 Å². The summed E-state index contributed by atoms with van der Waals surface area (Å²) in [5.41, 5.74) is 0.582. The number of nitro groups is 1. The summed E-state index contributed by atoms with van der Waals surface area (Å²) in [6, 6.07) is 4.72. The molecule has 0 aliphatic carbocycles. The van der Waals surface area contributed by atoms with Crippen LogP contribution in [0.25, 0.3) is 11.1 Å². The smallest absolute Gasteiger partial charge is 0.407 e. The van der Waals surface area contributed by atoms with E-state index in [1.807, 2.05) is 4.90 Å². The molecule has 144 valence electrons. The summed E-state index contributed by atoms with van der Waals surface area (Å²) in [4.78, 5) is 37.2. The quantitative estimate of drug-likeness (QED) is 0.629. The van der Waals surface area contributed by atoms with Gasteiger partial charge in [-0.1, -0.05) is 0 Å². The first-order valence-electron chi connectivity index (χ1n) is 9.34. The monoisotopic (exact) mass is 374 g/mol. The van der Waals surface area contributed by atoms with Gasteiger partial charge in [-0.25, -0.2) is 4.79 Å². The van der Waals surface area contributed by atoms with E-state index in [1.165, 1.54) is 22.8 Å². The summed E-state index contributed by atoms with van der Waals surface area (Å²) in [6.45, 7) is 2.15. The van der Waals surface area contributed by atoms with Crippen molar-refractivity contribution in [2.24, 2.45) is 0 Å². The number of rotatable bonds is 5. The molecular formula is C18H22N4O5. The van der Waals surface area contributed by atoms with Crippen LogP contribution in [0.4, 0.5) is 5.69 Å². The lowest BCUT2D eigenvalue weighted by molar-refractivity contribution is -0.384. The number of non-ortho nitro benzene ring substituents is 1. The zero-order valence-corrected chi connectivity index (χ0v) is 14.9. The number of oxazole rings is 1. The fourth-order valence-electron chi connectivity index (χ4n) is 4.29. The van der Waals surface area contributed by atoms with Gasteiger partial charge in [-0.3, -0.25) is 19.5 Å². The topological polar surface area (TPSA) is 111 Å². The van der Waals surface area contributed by atoms with Gasteiger partial charge in [0.05, 0.1) is 16.5 Å². The zero-order valence-electron chi connectivity index (χ0n) is 14.9. The van der Waals surface area contributed by atoms with Crippen LogP contribution in [0.1, 0.15) is 32.1 Å². The third kappa shape index (κ3) is 3.34. The molecule has 2 fully saturated rings. The normalized spacial score (nSPS) is 22.1. The van der Waals surface area contributed by atoms with Crippen LogP contribution in [0.3, 0.4) is 0 Å². The molecule has 1 aromatic heterocycles. The Morgan fingerprint density at radius 3 is 2.93 bits per heavy atom. The molecular weight excluding hydrogens is 352 g/mol. The molecule has 2 saturated heterocycles. The highest BCUT2D eigenvalue weighted by Crippen LogP contribution is 2.29. The van der Waals surface area contributed by atoms with E-state index in [0.29, 0.717) is 30.9 Å². The molecule has 2 atom stereocenters. The van der Waals surface area contributed by atoms with Crippen LogP contribution in [0.2, 0.25) is 0 Å². The maximum atomic E-state index is 12.7. The zero-order chi connectivity index (χ0) is 19.0. The minimum Gasteiger partial charge on any atom is -0.407 e. The Morgan fingerprint density at radius 1 is 1.30 bits per heavy atom. The summed E-state index contributed by atoms with van der Waals surface area (Å²) in [6.07, 6.45) is 4.01. The molecule has 0 saturated carbocycles. The molecule has 1 N–H and O–H groups in total. The highest BCUT2D eigenvalue weighted by Gasteiger charge is 2.37. The molecule has 27 heavy (non-hydrogen) atoms. The number of amides is 1. The summed E-state index contributed by atoms with van der Waals surface area (Å²) >= 11 is 0. The van der Waals surface area contributed by atoms with Crippen molar-refractivity contribution in [3.63, 3.8) is 0 Å². The van der Waals surface area contributed by atoms with Crippen molar-refractivity contribution < 1.29 is 14.1 Å². The molecule has 4 rings (SSSR count). The van der Waals surface area contributed by atoms with Crippen molar-refractivity contribution in [1.82, 2.24) is 14.8 Å². The van der Waals surface area contributed by atoms with Gasteiger partial charge >= 0.3 is 5.76 Å². The van der Waals surface area contributed by atoms with Gasteiger partial charge < -0.3 is 14.6 Å². The fourth-order valence-corrected chi connectivity index (χ4v) is 4.29. The van der Waals surface area contributed by atoms with E-state index >= 15 is 0 Å². The summed E-state index contributed by atoms with van der Waals surface area (Å²) < 4.78 is 6.56. The van der Waals surface area contributed by atoms with E-state index in [4.69, 9.17) is 4.42 Å². The van der Waals surface area contributed by atoms with Crippen LogP contribution < -0.4 is 11.1 Å². The average molecular weight is 374 g/mol. The van der Waals surface area contributed by atoms with Crippen LogP contribution >= 0.6 is 0 Å². The van der Waals surface area contributed by atoms with Gasteiger partial charge in [-0.05, 0) is 38.3 Å². The molecule has 2 aliphatic heterocycles. The number of nitrogens with one attached hydrogen (secondary N) is 1. The third-order valence-corrected chi connectivity index (χ3v) is 5.58. The highest BCUT2D eigenvalue weighted by atomic mass is 16.6. The second kappa shape index (κ2) is 7.15. The minimum atomic E-state index is -0.558. The first-order valence-corrected chi connectivity index (χ1v) is 9.34. The maximum Gasteiger partial charge on any atom is 0.419 e. The first-order chi connectivity index (χ1) is 13.0. The van der Waals surface area contributed by atoms with Crippen molar-refractivity contribution in [1.29, 1.82) is 0 Å². The number of hydrogen-bond donors (Lipinski definition) is 1. The summed E-state index contributed by atoms with van der Waals surface area (Å²) in [7, 11) is 0. The molecule has 2 bridgehead atoms. The van der Waals surface area contributed by atoms with Crippen LogP contribution in [0, 0.1) is 10.1 Å². The molecule has 1 aromatic carbocycles. The van der Waals surface area contributed by atoms with Crippen molar-refractivity contribution in [2.75, 3.05) is 13.1 Å². The van der Waals surface area contributed by atoms with Gasteiger partial charge in [0.15, 0.2) is 5.58 Å². The predicted octanol–water partition coefficient (Wildman–Crippen LogP) is 1.64. The predicted molar refractivity (Wildman–Crippen MR) is 97.5 cm³/mol. The number of aryl methyl sites for hydroxylation is 1. The van der Waals surface area contributed by atoms with Crippen LogP contribution in [-0.4, -0.2) is 45.5 Å².